The minimum absolute atomic E-state index is 0.0517. The fraction of sp³-hybridized carbons (Fsp3) is 0.290. The minimum atomic E-state index is -0.287. The average Bonchev–Trinajstić information content (AvgIpc) is 2.96. The molecule has 1 aliphatic rings. The van der Waals surface area contributed by atoms with Gasteiger partial charge in [0.2, 0.25) is 5.91 Å². The summed E-state index contributed by atoms with van der Waals surface area (Å²) in [5, 5.41) is 9.11. The zero-order chi connectivity index (χ0) is 26.9. The van der Waals surface area contributed by atoms with Crippen molar-refractivity contribution < 1.29 is 19.1 Å². The molecule has 0 aromatic heterocycles. The van der Waals surface area contributed by atoms with Crippen LogP contribution in [-0.4, -0.2) is 42.4 Å². The van der Waals surface area contributed by atoms with E-state index in [1.807, 2.05) is 54.6 Å². The van der Waals surface area contributed by atoms with Crippen LogP contribution in [0.3, 0.4) is 0 Å². The standard InChI is InChI=1S/C31H31N3O4/c1-2-38-31(37)27-11-7-17-33(22-27)29(35)19-25-10-6-12-28(18-25)34(21-24-8-4-3-5-9-24)30(36)26-15-13-23(20-32)14-16-26/h3-6,8-10,12-16,18,27H,2,7,11,17,19,21-22H2,1H3/t27-/m0/s1. The number of piperidine rings is 1. The van der Waals surface area contributed by atoms with E-state index in [2.05, 4.69) is 6.07 Å². The zero-order valence-corrected chi connectivity index (χ0v) is 21.5. The molecule has 0 N–H and O–H groups in total. The molecule has 0 spiro atoms. The summed E-state index contributed by atoms with van der Waals surface area (Å²) in [5.41, 5.74) is 3.39. The first kappa shape index (κ1) is 26.6. The third kappa shape index (κ3) is 6.65. The zero-order valence-electron chi connectivity index (χ0n) is 21.5. The lowest BCUT2D eigenvalue weighted by molar-refractivity contribution is -0.151. The van der Waals surface area contributed by atoms with Crippen LogP contribution in [0.5, 0.6) is 0 Å². The van der Waals surface area contributed by atoms with Crippen LogP contribution < -0.4 is 4.90 Å². The predicted octanol–water partition coefficient (Wildman–Crippen LogP) is 4.75. The maximum Gasteiger partial charge on any atom is 0.310 e. The third-order valence-electron chi connectivity index (χ3n) is 6.66. The molecule has 3 aromatic rings. The van der Waals surface area contributed by atoms with Crippen LogP contribution in [0, 0.1) is 17.2 Å². The van der Waals surface area contributed by atoms with E-state index >= 15 is 0 Å². The molecule has 0 saturated carbocycles. The maximum absolute atomic E-state index is 13.6. The molecular formula is C31H31N3O4. The van der Waals surface area contributed by atoms with E-state index in [9.17, 15) is 14.4 Å². The summed E-state index contributed by atoms with van der Waals surface area (Å²) in [4.78, 5) is 42.4. The van der Waals surface area contributed by atoms with E-state index in [1.165, 1.54) is 0 Å². The van der Waals surface area contributed by atoms with Gasteiger partial charge in [0.15, 0.2) is 0 Å². The van der Waals surface area contributed by atoms with E-state index in [4.69, 9.17) is 10.00 Å². The number of hydrogen-bond acceptors (Lipinski definition) is 5. The second kappa shape index (κ2) is 12.7. The smallest absolute Gasteiger partial charge is 0.310 e. The van der Waals surface area contributed by atoms with E-state index in [0.717, 1.165) is 24.0 Å². The summed E-state index contributed by atoms with van der Waals surface area (Å²) in [7, 11) is 0. The van der Waals surface area contributed by atoms with Gasteiger partial charge in [0, 0.05) is 24.3 Å². The summed E-state index contributed by atoms with van der Waals surface area (Å²) in [6.07, 6.45) is 1.66. The molecule has 0 radical (unpaired) electrons. The van der Waals surface area contributed by atoms with Crippen molar-refractivity contribution in [3.05, 3.63) is 101 Å². The quantitative estimate of drug-likeness (QED) is 0.409. The normalized spacial score (nSPS) is 14.8. The number of nitrogens with zero attached hydrogens (tertiary/aromatic N) is 3. The van der Waals surface area contributed by atoms with Crippen LogP contribution >= 0.6 is 0 Å². The molecule has 1 fully saturated rings. The minimum Gasteiger partial charge on any atom is -0.466 e. The monoisotopic (exact) mass is 509 g/mol. The Hall–Kier alpha value is -4.44. The molecule has 0 unspecified atom stereocenters. The number of hydrogen-bond donors (Lipinski definition) is 0. The Labute approximate surface area is 223 Å². The number of amides is 2. The molecule has 0 bridgehead atoms. The van der Waals surface area contributed by atoms with Gasteiger partial charge in [-0.1, -0.05) is 42.5 Å². The predicted molar refractivity (Wildman–Crippen MR) is 144 cm³/mol. The van der Waals surface area contributed by atoms with E-state index in [0.29, 0.717) is 43.1 Å². The largest absolute Gasteiger partial charge is 0.466 e. The lowest BCUT2D eigenvalue weighted by atomic mass is 9.97. The van der Waals surface area contributed by atoms with Gasteiger partial charge in [-0.25, -0.2) is 0 Å². The number of anilines is 1. The van der Waals surface area contributed by atoms with Crippen molar-refractivity contribution in [2.75, 3.05) is 24.6 Å². The maximum atomic E-state index is 13.6. The van der Waals surface area contributed by atoms with Gasteiger partial charge < -0.3 is 14.5 Å². The van der Waals surface area contributed by atoms with E-state index in [1.54, 1.807) is 41.0 Å². The van der Waals surface area contributed by atoms with Crippen molar-refractivity contribution in [3.63, 3.8) is 0 Å². The fourth-order valence-electron chi connectivity index (χ4n) is 4.67. The summed E-state index contributed by atoms with van der Waals surface area (Å²) in [6, 6.07) is 25.8. The highest BCUT2D eigenvalue weighted by molar-refractivity contribution is 6.06. The third-order valence-corrected chi connectivity index (χ3v) is 6.66. The van der Waals surface area contributed by atoms with Gasteiger partial charge in [-0.05, 0) is 67.3 Å². The molecule has 1 atom stereocenters. The van der Waals surface area contributed by atoms with Gasteiger partial charge in [0.25, 0.3) is 5.91 Å². The number of nitriles is 1. The number of esters is 1. The van der Waals surface area contributed by atoms with Gasteiger partial charge in [-0.3, -0.25) is 14.4 Å². The van der Waals surface area contributed by atoms with Crippen molar-refractivity contribution in [3.8, 4) is 6.07 Å². The molecule has 1 heterocycles. The number of carbonyl (C=O) groups excluding carboxylic acids is 3. The molecule has 1 aliphatic heterocycles. The molecule has 2 amide bonds. The Morgan fingerprint density at radius 1 is 1.00 bits per heavy atom. The first-order valence-electron chi connectivity index (χ1n) is 12.9. The van der Waals surface area contributed by atoms with Crippen LogP contribution in [0.1, 0.15) is 46.8 Å². The van der Waals surface area contributed by atoms with Gasteiger partial charge in [0.1, 0.15) is 0 Å². The van der Waals surface area contributed by atoms with Gasteiger partial charge in [-0.15, -0.1) is 0 Å². The second-order valence-corrected chi connectivity index (χ2v) is 9.34. The van der Waals surface area contributed by atoms with Gasteiger partial charge in [-0.2, -0.15) is 5.26 Å². The summed E-state index contributed by atoms with van der Waals surface area (Å²) >= 11 is 0. The van der Waals surface area contributed by atoms with E-state index < -0.39 is 0 Å². The molecular weight excluding hydrogens is 478 g/mol. The Balaban J connectivity index is 1.54. The highest BCUT2D eigenvalue weighted by atomic mass is 16.5. The molecule has 4 rings (SSSR count). The summed E-state index contributed by atoms with van der Waals surface area (Å²) in [6.45, 7) is 3.45. The molecule has 7 nitrogen and oxygen atoms in total. The first-order valence-corrected chi connectivity index (χ1v) is 12.9. The Kier molecular flexibility index (Phi) is 8.89. The highest BCUT2D eigenvalue weighted by Crippen LogP contribution is 2.24. The van der Waals surface area contributed by atoms with Crippen LogP contribution in [0.4, 0.5) is 5.69 Å². The van der Waals surface area contributed by atoms with Gasteiger partial charge in [0.05, 0.1) is 37.1 Å². The van der Waals surface area contributed by atoms with Gasteiger partial charge >= 0.3 is 5.97 Å². The second-order valence-electron chi connectivity index (χ2n) is 9.34. The lowest BCUT2D eigenvalue weighted by Crippen LogP contribution is -2.43. The van der Waals surface area contributed by atoms with Crippen molar-refractivity contribution >= 4 is 23.5 Å². The number of ether oxygens (including phenoxy) is 1. The number of benzene rings is 3. The SMILES string of the molecule is CCOC(=O)[C@H]1CCCN(C(=O)Cc2cccc(N(Cc3ccccc3)C(=O)c3ccc(C#N)cc3)c2)C1. The van der Waals surface area contributed by atoms with Crippen molar-refractivity contribution in [2.45, 2.75) is 32.7 Å². The first-order chi connectivity index (χ1) is 18.5. The highest BCUT2D eigenvalue weighted by Gasteiger charge is 2.29. The van der Waals surface area contributed by atoms with Crippen molar-refractivity contribution in [2.24, 2.45) is 5.92 Å². The van der Waals surface area contributed by atoms with Crippen molar-refractivity contribution in [1.29, 1.82) is 5.26 Å². The molecule has 3 aromatic carbocycles. The Morgan fingerprint density at radius 2 is 1.74 bits per heavy atom. The fourth-order valence-corrected chi connectivity index (χ4v) is 4.67. The number of likely N-dealkylation sites (tertiary alicyclic amines) is 1. The number of rotatable bonds is 8. The molecule has 38 heavy (non-hydrogen) atoms. The Morgan fingerprint density at radius 3 is 2.45 bits per heavy atom. The van der Waals surface area contributed by atoms with Crippen LogP contribution in [0.25, 0.3) is 0 Å². The molecule has 1 saturated heterocycles. The van der Waals surface area contributed by atoms with Crippen LogP contribution in [0.15, 0.2) is 78.9 Å². The average molecular weight is 510 g/mol. The molecule has 0 aliphatic carbocycles. The molecule has 194 valence electrons. The Bertz CT molecular complexity index is 1310. The lowest BCUT2D eigenvalue weighted by Gasteiger charge is -2.31. The summed E-state index contributed by atoms with van der Waals surface area (Å²) in [5.74, 6) is -0.783. The topological polar surface area (TPSA) is 90.7 Å². The summed E-state index contributed by atoms with van der Waals surface area (Å²) < 4.78 is 5.16. The number of carbonyl (C=O) groups is 3. The molecule has 7 heteroatoms. The van der Waals surface area contributed by atoms with Crippen molar-refractivity contribution in [1.82, 2.24) is 4.90 Å². The van der Waals surface area contributed by atoms with Crippen LogP contribution in [-0.2, 0) is 27.3 Å². The van der Waals surface area contributed by atoms with E-state index in [-0.39, 0.29) is 30.1 Å². The van der Waals surface area contributed by atoms with Crippen LogP contribution in [0.2, 0.25) is 0 Å².